The van der Waals surface area contributed by atoms with Crippen molar-refractivity contribution in [2.75, 3.05) is 0 Å². The number of carbonyl (C=O) groups excluding carboxylic acids is 1. The van der Waals surface area contributed by atoms with Gasteiger partial charge in [-0.2, -0.15) is 4.98 Å². The summed E-state index contributed by atoms with van der Waals surface area (Å²) < 4.78 is 4.80. The molecule has 1 aliphatic rings. The largest absolute Gasteiger partial charge is 0.481 e. The van der Waals surface area contributed by atoms with Crippen LogP contribution in [0.3, 0.4) is 0 Å². The zero-order valence-corrected chi connectivity index (χ0v) is 8.64. The van der Waals surface area contributed by atoms with Crippen LogP contribution in [0.1, 0.15) is 18.1 Å². The van der Waals surface area contributed by atoms with Crippen molar-refractivity contribution in [1.29, 1.82) is 0 Å². The summed E-state index contributed by atoms with van der Waals surface area (Å²) in [6.07, 6.45) is 0.407. The predicted molar refractivity (Wildman–Crippen MR) is 50.1 cm³/mol. The van der Waals surface area contributed by atoms with Crippen molar-refractivity contribution in [3.05, 3.63) is 11.7 Å². The average Bonchev–Trinajstić information content (AvgIpc) is 2.93. The van der Waals surface area contributed by atoms with Gasteiger partial charge in [-0.05, 0) is 13.3 Å². The van der Waals surface area contributed by atoms with Gasteiger partial charge >= 0.3 is 5.97 Å². The normalized spacial score (nSPS) is 22.8. The molecule has 2 atom stereocenters. The second kappa shape index (κ2) is 3.92. The maximum atomic E-state index is 11.4. The Morgan fingerprint density at radius 1 is 1.56 bits per heavy atom. The van der Waals surface area contributed by atoms with Gasteiger partial charge in [-0.3, -0.25) is 9.59 Å². The molecular formula is C9H11N3O4. The van der Waals surface area contributed by atoms with E-state index in [-0.39, 0.29) is 12.5 Å². The van der Waals surface area contributed by atoms with Crippen LogP contribution in [0.15, 0.2) is 4.52 Å². The molecule has 2 rings (SSSR count). The minimum Gasteiger partial charge on any atom is -0.481 e. The molecule has 1 saturated carbocycles. The zero-order valence-electron chi connectivity index (χ0n) is 8.64. The van der Waals surface area contributed by atoms with Gasteiger partial charge in [-0.1, -0.05) is 5.16 Å². The molecule has 0 saturated heterocycles. The van der Waals surface area contributed by atoms with Crippen LogP contribution in [0.5, 0.6) is 0 Å². The highest BCUT2D eigenvalue weighted by Crippen LogP contribution is 2.38. The molecule has 0 aliphatic heterocycles. The fraction of sp³-hybridized carbons (Fsp3) is 0.556. The highest BCUT2D eigenvalue weighted by molar-refractivity contribution is 5.89. The lowest BCUT2D eigenvalue weighted by Crippen LogP contribution is -2.26. The van der Waals surface area contributed by atoms with Crippen LogP contribution in [0.25, 0.3) is 0 Å². The third-order valence-corrected chi connectivity index (χ3v) is 2.43. The maximum Gasteiger partial charge on any atom is 0.307 e. The summed E-state index contributed by atoms with van der Waals surface area (Å²) in [4.78, 5) is 25.9. The standard InChI is InChI=1S/C9H11N3O4/c1-4-11-7(16-12-4)3-10-8(13)5-2-6(5)9(14)15/h5-6H,2-3H2,1H3,(H,10,13)(H,14,15). The molecule has 1 aliphatic carbocycles. The molecule has 16 heavy (non-hydrogen) atoms. The summed E-state index contributed by atoms with van der Waals surface area (Å²) in [5, 5.41) is 14.8. The Bertz CT molecular complexity index is 428. The Kier molecular flexibility index (Phi) is 2.59. The number of aromatic nitrogens is 2. The topological polar surface area (TPSA) is 105 Å². The van der Waals surface area contributed by atoms with Crippen molar-refractivity contribution in [1.82, 2.24) is 15.5 Å². The highest BCUT2D eigenvalue weighted by atomic mass is 16.5. The Labute approximate surface area is 90.8 Å². The van der Waals surface area contributed by atoms with Crippen molar-refractivity contribution in [3.8, 4) is 0 Å². The average molecular weight is 225 g/mol. The molecule has 0 radical (unpaired) electrons. The lowest BCUT2D eigenvalue weighted by atomic mass is 10.3. The fourth-order valence-corrected chi connectivity index (χ4v) is 1.46. The molecule has 1 heterocycles. The van der Waals surface area contributed by atoms with Crippen LogP contribution in [0, 0.1) is 18.8 Å². The van der Waals surface area contributed by atoms with E-state index >= 15 is 0 Å². The van der Waals surface area contributed by atoms with E-state index in [4.69, 9.17) is 9.63 Å². The lowest BCUT2D eigenvalue weighted by Gasteiger charge is -1.99. The van der Waals surface area contributed by atoms with E-state index in [2.05, 4.69) is 15.5 Å². The number of aliphatic carboxylic acids is 1. The number of nitrogens with zero attached hydrogens (tertiary/aromatic N) is 2. The minimum absolute atomic E-state index is 0.141. The number of nitrogens with one attached hydrogen (secondary N) is 1. The molecule has 1 amide bonds. The minimum atomic E-state index is -0.922. The second-order valence-corrected chi connectivity index (χ2v) is 3.74. The van der Waals surface area contributed by atoms with Crippen molar-refractivity contribution in [2.45, 2.75) is 19.9 Å². The first-order chi connectivity index (χ1) is 7.58. The highest BCUT2D eigenvalue weighted by Gasteiger charge is 2.48. The Morgan fingerprint density at radius 3 is 2.81 bits per heavy atom. The van der Waals surface area contributed by atoms with Gasteiger partial charge in [0.05, 0.1) is 18.4 Å². The molecule has 86 valence electrons. The molecule has 1 aromatic rings. The third-order valence-electron chi connectivity index (χ3n) is 2.43. The van der Waals surface area contributed by atoms with E-state index in [1.807, 2.05) is 0 Å². The molecular weight excluding hydrogens is 214 g/mol. The number of carboxylic acid groups (broad SMARTS) is 1. The van der Waals surface area contributed by atoms with Gasteiger partial charge in [-0.15, -0.1) is 0 Å². The summed E-state index contributed by atoms with van der Waals surface area (Å²) in [5.74, 6) is -1.33. The SMILES string of the molecule is Cc1noc(CNC(=O)C2CC2C(=O)O)n1. The lowest BCUT2D eigenvalue weighted by molar-refractivity contribution is -0.140. The summed E-state index contributed by atoms with van der Waals surface area (Å²) >= 11 is 0. The predicted octanol–water partition coefficient (Wildman–Crippen LogP) is -0.285. The second-order valence-electron chi connectivity index (χ2n) is 3.74. The summed E-state index contributed by atoms with van der Waals surface area (Å²) in [6, 6.07) is 0. The quantitative estimate of drug-likeness (QED) is 0.729. The Hall–Kier alpha value is -1.92. The molecule has 2 N–H and O–H groups in total. The molecule has 1 aromatic heterocycles. The van der Waals surface area contributed by atoms with E-state index in [9.17, 15) is 9.59 Å². The van der Waals surface area contributed by atoms with Gasteiger partial charge in [-0.25, -0.2) is 0 Å². The van der Waals surface area contributed by atoms with Crippen molar-refractivity contribution < 1.29 is 19.2 Å². The van der Waals surface area contributed by atoms with Crippen molar-refractivity contribution in [2.24, 2.45) is 11.8 Å². The Balaban J connectivity index is 1.79. The smallest absolute Gasteiger partial charge is 0.307 e. The maximum absolute atomic E-state index is 11.4. The monoisotopic (exact) mass is 225 g/mol. The van der Waals surface area contributed by atoms with E-state index in [1.54, 1.807) is 6.92 Å². The van der Waals surface area contributed by atoms with Gasteiger partial charge in [0.25, 0.3) is 0 Å². The van der Waals surface area contributed by atoms with Crippen molar-refractivity contribution in [3.63, 3.8) is 0 Å². The van der Waals surface area contributed by atoms with Gasteiger partial charge in [0, 0.05) is 0 Å². The van der Waals surface area contributed by atoms with Gasteiger partial charge in [0.2, 0.25) is 11.8 Å². The van der Waals surface area contributed by atoms with Crippen molar-refractivity contribution >= 4 is 11.9 Å². The first-order valence-electron chi connectivity index (χ1n) is 4.87. The summed E-state index contributed by atoms with van der Waals surface area (Å²) in [6.45, 7) is 1.82. The number of carboxylic acids is 1. The van der Waals surface area contributed by atoms with Crippen LogP contribution in [-0.2, 0) is 16.1 Å². The zero-order chi connectivity index (χ0) is 11.7. The molecule has 7 heteroatoms. The number of amides is 1. The molecule has 1 fully saturated rings. The third kappa shape index (κ3) is 2.18. The molecule has 7 nitrogen and oxygen atoms in total. The van der Waals surface area contributed by atoms with Crippen LogP contribution >= 0.6 is 0 Å². The van der Waals surface area contributed by atoms with Crippen LogP contribution in [-0.4, -0.2) is 27.1 Å². The number of rotatable bonds is 4. The molecule has 0 aromatic carbocycles. The van der Waals surface area contributed by atoms with Gasteiger partial charge < -0.3 is 14.9 Å². The number of aryl methyl sites for hydroxylation is 1. The molecule has 0 spiro atoms. The number of carbonyl (C=O) groups is 2. The first-order valence-corrected chi connectivity index (χ1v) is 4.87. The van der Waals surface area contributed by atoms with E-state index in [0.717, 1.165) is 0 Å². The van der Waals surface area contributed by atoms with Gasteiger partial charge in [0.15, 0.2) is 5.82 Å². The summed E-state index contributed by atoms with van der Waals surface area (Å²) in [7, 11) is 0. The van der Waals surface area contributed by atoms with Gasteiger partial charge in [0.1, 0.15) is 0 Å². The molecule has 2 unspecified atom stereocenters. The first kappa shape index (κ1) is 10.6. The van der Waals surface area contributed by atoms with E-state index in [0.29, 0.717) is 18.1 Å². The van der Waals surface area contributed by atoms with Crippen LogP contribution in [0.4, 0.5) is 0 Å². The number of hydrogen-bond acceptors (Lipinski definition) is 5. The summed E-state index contributed by atoms with van der Waals surface area (Å²) in [5.41, 5.74) is 0. The fourth-order valence-electron chi connectivity index (χ4n) is 1.46. The van der Waals surface area contributed by atoms with E-state index in [1.165, 1.54) is 0 Å². The van der Waals surface area contributed by atoms with Crippen LogP contribution < -0.4 is 5.32 Å². The van der Waals surface area contributed by atoms with E-state index < -0.39 is 17.8 Å². The number of hydrogen-bond donors (Lipinski definition) is 2. The van der Waals surface area contributed by atoms with Crippen LogP contribution in [0.2, 0.25) is 0 Å². The Morgan fingerprint density at radius 2 is 2.31 bits per heavy atom. The molecule has 0 bridgehead atoms.